The molecule has 0 radical (unpaired) electrons. The highest BCUT2D eigenvalue weighted by molar-refractivity contribution is 5.49. The molecular formula is C13H22N2O. The van der Waals surface area contributed by atoms with Crippen molar-refractivity contribution in [1.29, 1.82) is 0 Å². The Labute approximate surface area is 97.9 Å². The molecule has 0 aliphatic heterocycles. The van der Waals surface area contributed by atoms with E-state index < -0.39 is 0 Å². The molecule has 0 spiro atoms. The monoisotopic (exact) mass is 222 g/mol. The average molecular weight is 222 g/mol. The molecule has 1 aromatic rings. The van der Waals surface area contributed by atoms with Crippen molar-refractivity contribution in [3.05, 3.63) is 24.0 Å². The normalized spacial score (nSPS) is 12.8. The standard InChI is InChI=1S/C13H22N2O/c1-10(2)4-5-11(3)15-13-8-14-7-6-12(13)9-16/h6-8,10-11,15-16H,4-5,9H2,1-3H3. The van der Waals surface area contributed by atoms with Crippen molar-refractivity contribution in [1.82, 2.24) is 4.98 Å². The first-order valence-corrected chi connectivity index (χ1v) is 5.93. The number of nitrogens with zero attached hydrogens (tertiary/aromatic N) is 1. The molecule has 0 saturated heterocycles. The molecule has 1 unspecified atom stereocenters. The minimum absolute atomic E-state index is 0.0573. The van der Waals surface area contributed by atoms with Gasteiger partial charge in [-0.25, -0.2) is 0 Å². The highest BCUT2D eigenvalue weighted by atomic mass is 16.3. The Hall–Kier alpha value is -1.09. The third-order valence-corrected chi connectivity index (χ3v) is 2.66. The second kappa shape index (κ2) is 6.48. The molecule has 3 nitrogen and oxygen atoms in total. The van der Waals surface area contributed by atoms with Crippen LogP contribution in [-0.2, 0) is 6.61 Å². The summed E-state index contributed by atoms with van der Waals surface area (Å²) < 4.78 is 0. The molecule has 0 saturated carbocycles. The van der Waals surface area contributed by atoms with Crippen LogP contribution in [0.15, 0.2) is 18.5 Å². The van der Waals surface area contributed by atoms with E-state index in [0.29, 0.717) is 6.04 Å². The number of aromatic nitrogens is 1. The smallest absolute Gasteiger partial charge is 0.0703 e. The van der Waals surface area contributed by atoms with Crippen molar-refractivity contribution < 1.29 is 5.11 Å². The molecule has 0 amide bonds. The van der Waals surface area contributed by atoms with Gasteiger partial charge in [0, 0.05) is 17.8 Å². The Morgan fingerprint density at radius 3 is 2.69 bits per heavy atom. The van der Waals surface area contributed by atoms with Crippen LogP contribution in [0.2, 0.25) is 0 Å². The molecule has 1 rings (SSSR count). The fourth-order valence-corrected chi connectivity index (χ4v) is 1.61. The largest absolute Gasteiger partial charge is 0.392 e. The van der Waals surface area contributed by atoms with Crippen molar-refractivity contribution in [2.24, 2.45) is 5.92 Å². The zero-order valence-electron chi connectivity index (χ0n) is 10.4. The van der Waals surface area contributed by atoms with Gasteiger partial charge in [-0.1, -0.05) is 13.8 Å². The second-order valence-electron chi connectivity index (χ2n) is 4.71. The maximum atomic E-state index is 9.18. The average Bonchev–Trinajstić information content (AvgIpc) is 2.27. The first-order valence-electron chi connectivity index (χ1n) is 5.93. The zero-order valence-corrected chi connectivity index (χ0v) is 10.4. The summed E-state index contributed by atoms with van der Waals surface area (Å²) in [5.41, 5.74) is 1.85. The van der Waals surface area contributed by atoms with Crippen molar-refractivity contribution in [2.45, 2.75) is 46.3 Å². The highest BCUT2D eigenvalue weighted by Gasteiger charge is 2.06. The molecule has 0 aliphatic rings. The molecule has 0 aliphatic carbocycles. The predicted molar refractivity (Wildman–Crippen MR) is 67.3 cm³/mol. The lowest BCUT2D eigenvalue weighted by Gasteiger charge is -2.17. The van der Waals surface area contributed by atoms with Gasteiger partial charge in [-0.05, 0) is 31.7 Å². The van der Waals surface area contributed by atoms with Gasteiger partial charge in [-0.2, -0.15) is 0 Å². The Balaban J connectivity index is 2.51. The van der Waals surface area contributed by atoms with Gasteiger partial charge in [0.05, 0.1) is 18.5 Å². The van der Waals surface area contributed by atoms with Gasteiger partial charge in [0.15, 0.2) is 0 Å². The summed E-state index contributed by atoms with van der Waals surface area (Å²) in [5, 5.41) is 12.6. The number of pyridine rings is 1. The number of aliphatic hydroxyl groups is 1. The maximum absolute atomic E-state index is 9.18. The third kappa shape index (κ3) is 4.19. The van der Waals surface area contributed by atoms with Crippen LogP contribution in [-0.4, -0.2) is 16.1 Å². The van der Waals surface area contributed by atoms with E-state index in [1.54, 1.807) is 12.4 Å². The molecule has 1 heterocycles. The van der Waals surface area contributed by atoms with E-state index in [9.17, 15) is 5.11 Å². The van der Waals surface area contributed by atoms with Gasteiger partial charge in [-0.15, -0.1) is 0 Å². The van der Waals surface area contributed by atoms with Gasteiger partial charge in [0.1, 0.15) is 0 Å². The summed E-state index contributed by atoms with van der Waals surface area (Å²) in [6.07, 6.45) is 5.83. The van der Waals surface area contributed by atoms with E-state index in [2.05, 4.69) is 31.1 Å². The molecule has 2 N–H and O–H groups in total. The van der Waals surface area contributed by atoms with Crippen LogP contribution in [0.5, 0.6) is 0 Å². The number of nitrogens with one attached hydrogen (secondary N) is 1. The minimum Gasteiger partial charge on any atom is -0.392 e. The van der Waals surface area contributed by atoms with E-state index in [1.807, 2.05) is 6.07 Å². The van der Waals surface area contributed by atoms with Crippen molar-refractivity contribution in [3.8, 4) is 0 Å². The SMILES string of the molecule is CC(C)CCC(C)Nc1cnccc1CO. The molecule has 90 valence electrons. The van der Waals surface area contributed by atoms with E-state index in [4.69, 9.17) is 0 Å². The van der Waals surface area contributed by atoms with Gasteiger partial charge >= 0.3 is 0 Å². The molecule has 0 aromatic carbocycles. The van der Waals surface area contributed by atoms with E-state index in [1.165, 1.54) is 6.42 Å². The predicted octanol–water partition coefficient (Wildman–Crippen LogP) is 2.81. The fraction of sp³-hybridized carbons (Fsp3) is 0.615. The molecule has 0 fully saturated rings. The summed E-state index contributed by atoms with van der Waals surface area (Å²) in [6.45, 7) is 6.68. The lowest BCUT2D eigenvalue weighted by atomic mass is 10.0. The Morgan fingerprint density at radius 1 is 1.31 bits per heavy atom. The minimum atomic E-state index is 0.0573. The third-order valence-electron chi connectivity index (χ3n) is 2.66. The number of rotatable bonds is 6. The highest BCUT2D eigenvalue weighted by Crippen LogP contribution is 2.16. The maximum Gasteiger partial charge on any atom is 0.0703 e. The van der Waals surface area contributed by atoms with E-state index in [-0.39, 0.29) is 6.61 Å². The van der Waals surface area contributed by atoms with Crippen molar-refractivity contribution in [3.63, 3.8) is 0 Å². The van der Waals surface area contributed by atoms with Gasteiger partial charge in [-0.3, -0.25) is 4.98 Å². The second-order valence-corrected chi connectivity index (χ2v) is 4.71. The van der Waals surface area contributed by atoms with Gasteiger partial charge < -0.3 is 10.4 Å². The van der Waals surface area contributed by atoms with Crippen molar-refractivity contribution >= 4 is 5.69 Å². The van der Waals surface area contributed by atoms with Crippen LogP contribution in [0.25, 0.3) is 0 Å². The Kier molecular flexibility index (Phi) is 5.26. The first kappa shape index (κ1) is 13.0. The molecule has 1 atom stereocenters. The molecule has 16 heavy (non-hydrogen) atoms. The summed E-state index contributed by atoms with van der Waals surface area (Å²) in [6, 6.07) is 2.26. The summed E-state index contributed by atoms with van der Waals surface area (Å²) in [4.78, 5) is 4.07. The van der Waals surface area contributed by atoms with Crippen LogP contribution in [0.4, 0.5) is 5.69 Å². The Bertz CT molecular complexity index is 313. The summed E-state index contributed by atoms with van der Waals surface area (Å²) in [5.74, 6) is 0.732. The summed E-state index contributed by atoms with van der Waals surface area (Å²) >= 11 is 0. The topological polar surface area (TPSA) is 45.2 Å². The van der Waals surface area contributed by atoms with Crippen LogP contribution < -0.4 is 5.32 Å². The number of hydrogen-bond acceptors (Lipinski definition) is 3. The first-order chi connectivity index (χ1) is 7.63. The fourth-order valence-electron chi connectivity index (χ4n) is 1.61. The molecule has 3 heteroatoms. The quantitative estimate of drug-likeness (QED) is 0.778. The van der Waals surface area contributed by atoms with Crippen LogP contribution in [0, 0.1) is 5.92 Å². The van der Waals surface area contributed by atoms with Crippen molar-refractivity contribution in [2.75, 3.05) is 5.32 Å². The summed E-state index contributed by atoms with van der Waals surface area (Å²) in [7, 11) is 0. The van der Waals surface area contributed by atoms with Gasteiger partial charge in [0.2, 0.25) is 0 Å². The van der Waals surface area contributed by atoms with Crippen LogP contribution >= 0.6 is 0 Å². The lowest BCUT2D eigenvalue weighted by Crippen LogP contribution is -2.17. The number of aliphatic hydroxyl groups excluding tert-OH is 1. The number of hydrogen-bond donors (Lipinski definition) is 2. The number of anilines is 1. The van der Waals surface area contributed by atoms with Crippen LogP contribution in [0.3, 0.4) is 0 Å². The van der Waals surface area contributed by atoms with E-state index >= 15 is 0 Å². The lowest BCUT2D eigenvalue weighted by molar-refractivity contribution is 0.282. The molecule has 0 bridgehead atoms. The van der Waals surface area contributed by atoms with Gasteiger partial charge in [0.25, 0.3) is 0 Å². The zero-order chi connectivity index (χ0) is 12.0. The van der Waals surface area contributed by atoms with E-state index in [0.717, 1.165) is 23.6 Å². The molecule has 1 aromatic heterocycles. The molecular weight excluding hydrogens is 200 g/mol. The Morgan fingerprint density at radius 2 is 2.06 bits per heavy atom. The van der Waals surface area contributed by atoms with Crippen LogP contribution in [0.1, 0.15) is 39.2 Å².